The Balaban J connectivity index is 2.10. The van der Waals surface area contributed by atoms with Crippen molar-refractivity contribution in [1.29, 1.82) is 0 Å². The number of piperidine rings is 1. The molecule has 1 N–H and O–H groups in total. The van der Waals surface area contributed by atoms with Gasteiger partial charge in [0.15, 0.2) is 0 Å². The molecule has 2 bridgehead atoms. The third-order valence-electron chi connectivity index (χ3n) is 3.35. The van der Waals surface area contributed by atoms with Crippen LogP contribution in [0.15, 0.2) is 0 Å². The van der Waals surface area contributed by atoms with Crippen LogP contribution in [-0.2, 0) is 9.59 Å². The van der Waals surface area contributed by atoms with Gasteiger partial charge in [0.2, 0.25) is 0 Å². The van der Waals surface area contributed by atoms with E-state index in [0.29, 0.717) is 12.1 Å². The zero-order chi connectivity index (χ0) is 10.1. The minimum absolute atomic E-state index is 0.332. The lowest BCUT2D eigenvalue weighted by atomic mass is 10.0. The van der Waals surface area contributed by atoms with E-state index >= 15 is 0 Å². The largest absolute Gasteiger partial charge is 0.351 e. The minimum atomic E-state index is -0.469. The van der Waals surface area contributed by atoms with Gasteiger partial charge in [-0.2, -0.15) is 0 Å². The van der Waals surface area contributed by atoms with Crippen molar-refractivity contribution in [2.75, 3.05) is 7.05 Å². The summed E-state index contributed by atoms with van der Waals surface area (Å²) in [5.41, 5.74) is 0. The molecule has 2 saturated heterocycles. The summed E-state index contributed by atoms with van der Waals surface area (Å²) < 4.78 is 0. The van der Waals surface area contributed by atoms with Gasteiger partial charge in [0.05, 0.1) is 0 Å². The second kappa shape index (κ2) is 3.59. The van der Waals surface area contributed by atoms with E-state index < -0.39 is 5.91 Å². The van der Waals surface area contributed by atoms with Crippen molar-refractivity contribution in [3.8, 4) is 0 Å². The highest BCUT2D eigenvalue weighted by Crippen LogP contribution is 2.35. The van der Waals surface area contributed by atoms with Crippen LogP contribution in [0.5, 0.6) is 0 Å². The van der Waals surface area contributed by atoms with Crippen LogP contribution in [-0.4, -0.2) is 35.8 Å². The molecule has 78 valence electrons. The third kappa shape index (κ3) is 1.38. The van der Waals surface area contributed by atoms with Crippen molar-refractivity contribution in [2.24, 2.45) is 0 Å². The Labute approximate surface area is 83.6 Å². The molecule has 2 atom stereocenters. The highest BCUT2D eigenvalue weighted by atomic mass is 16.2. The van der Waals surface area contributed by atoms with Gasteiger partial charge < -0.3 is 10.2 Å². The molecular weight excluding hydrogens is 180 g/mol. The summed E-state index contributed by atoms with van der Waals surface area (Å²) in [5.74, 6) is -0.802. The summed E-state index contributed by atoms with van der Waals surface area (Å²) in [4.78, 5) is 24.7. The highest BCUT2D eigenvalue weighted by Gasteiger charge is 2.41. The van der Waals surface area contributed by atoms with Crippen LogP contribution in [0.4, 0.5) is 0 Å². The van der Waals surface area contributed by atoms with Crippen LogP contribution in [0, 0.1) is 0 Å². The number of hydrogen-bond acceptors (Lipinski definition) is 2. The summed E-state index contributed by atoms with van der Waals surface area (Å²) in [6, 6.07) is 0.664. The normalized spacial score (nSPS) is 30.2. The maximum atomic E-state index is 11.7. The van der Waals surface area contributed by atoms with Crippen molar-refractivity contribution in [2.45, 2.75) is 44.2 Å². The maximum absolute atomic E-state index is 11.7. The molecule has 0 aromatic rings. The first-order valence-corrected chi connectivity index (χ1v) is 5.28. The fourth-order valence-corrected chi connectivity index (χ4v) is 2.67. The van der Waals surface area contributed by atoms with Crippen LogP contribution in [0.3, 0.4) is 0 Å². The molecule has 0 aromatic carbocycles. The summed E-state index contributed by atoms with van der Waals surface area (Å²) in [7, 11) is 1.51. The third-order valence-corrected chi connectivity index (χ3v) is 3.35. The summed E-state index contributed by atoms with van der Waals surface area (Å²) in [6.45, 7) is 0. The average molecular weight is 196 g/mol. The molecule has 0 aliphatic carbocycles. The van der Waals surface area contributed by atoms with E-state index in [1.54, 1.807) is 0 Å². The Morgan fingerprint density at radius 2 is 1.71 bits per heavy atom. The predicted molar refractivity (Wildman–Crippen MR) is 51.6 cm³/mol. The lowest BCUT2D eigenvalue weighted by Gasteiger charge is -2.33. The fourth-order valence-electron chi connectivity index (χ4n) is 2.67. The molecule has 2 rings (SSSR count). The van der Waals surface area contributed by atoms with Crippen molar-refractivity contribution >= 4 is 11.8 Å². The first-order chi connectivity index (χ1) is 6.74. The molecule has 0 aromatic heterocycles. The van der Waals surface area contributed by atoms with Gasteiger partial charge in [-0.15, -0.1) is 0 Å². The van der Waals surface area contributed by atoms with Crippen molar-refractivity contribution in [3.05, 3.63) is 0 Å². The Morgan fingerprint density at radius 1 is 1.14 bits per heavy atom. The van der Waals surface area contributed by atoms with Crippen molar-refractivity contribution in [3.63, 3.8) is 0 Å². The van der Waals surface area contributed by atoms with Gasteiger partial charge in [-0.25, -0.2) is 0 Å². The number of carbonyl (C=O) groups excluding carboxylic acids is 2. The van der Waals surface area contributed by atoms with Gasteiger partial charge in [-0.05, 0) is 32.1 Å². The van der Waals surface area contributed by atoms with Crippen LogP contribution < -0.4 is 5.32 Å². The van der Waals surface area contributed by atoms with E-state index in [-0.39, 0.29) is 5.91 Å². The molecule has 2 aliphatic rings. The number of likely N-dealkylation sites (N-methyl/N-ethyl adjacent to an activating group) is 1. The molecule has 14 heavy (non-hydrogen) atoms. The van der Waals surface area contributed by atoms with Crippen molar-refractivity contribution in [1.82, 2.24) is 10.2 Å². The van der Waals surface area contributed by atoms with Crippen molar-refractivity contribution < 1.29 is 9.59 Å². The average Bonchev–Trinajstić information content (AvgIpc) is 2.46. The minimum Gasteiger partial charge on any atom is -0.351 e. The quantitative estimate of drug-likeness (QED) is 0.566. The number of nitrogens with one attached hydrogen (secondary N) is 1. The molecule has 0 unspecified atom stereocenters. The summed E-state index contributed by atoms with van der Waals surface area (Å²) >= 11 is 0. The number of hydrogen-bond donors (Lipinski definition) is 1. The molecule has 0 radical (unpaired) electrons. The van der Waals surface area contributed by atoms with Crippen LogP contribution in [0.25, 0.3) is 0 Å². The SMILES string of the molecule is CNC(=O)C(=O)N1[C@@H]2CCC[C@H]1CC2. The Hall–Kier alpha value is -1.06. The highest BCUT2D eigenvalue weighted by molar-refractivity contribution is 6.35. The van der Waals surface area contributed by atoms with E-state index in [1.165, 1.54) is 13.5 Å². The second-order valence-electron chi connectivity index (χ2n) is 4.11. The first-order valence-electron chi connectivity index (χ1n) is 5.28. The first kappa shape index (κ1) is 9.49. The lowest BCUT2D eigenvalue weighted by Crippen LogP contribution is -2.49. The topological polar surface area (TPSA) is 49.4 Å². The van der Waals surface area contributed by atoms with Gasteiger partial charge in [0.25, 0.3) is 0 Å². The number of amides is 2. The van der Waals surface area contributed by atoms with E-state index in [0.717, 1.165) is 25.7 Å². The van der Waals surface area contributed by atoms with E-state index in [9.17, 15) is 9.59 Å². The zero-order valence-electron chi connectivity index (χ0n) is 8.45. The zero-order valence-corrected chi connectivity index (χ0v) is 8.45. The smallest absolute Gasteiger partial charge is 0.312 e. The van der Waals surface area contributed by atoms with Gasteiger partial charge in [0.1, 0.15) is 0 Å². The molecule has 4 heteroatoms. The predicted octanol–water partition coefficient (Wildman–Crippen LogP) is 0.276. The molecule has 2 heterocycles. The van der Waals surface area contributed by atoms with Crippen LogP contribution in [0.2, 0.25) is 0 Å². The standard InChI is InChI=1S/C10H16N2O2/c1-11-9(13)10(14)12-7-3-2-4-8(12)6-5-7/h7-8H,2-6H2,1H3,(H,11,13)/t7-,8+. The van der Waals surface area contributed by atoms with Gasteiger partial charge in [0, 0.05) is 19.1 Å². The van der Waals surface area contributed by atoms with Gasteiger partial charge in [-0.1, -0.05) is 0 Å². The summed E-state index contributed by atoms with van der Waals surface area (Å²) in [6.07, 6.45) is 5.49. The molecule has 2 fully saturated rings. The second-order valence-corrected chi connectivity index (χ2v) is 4.11. The number of rotatable bonds is 0. The van der Waals surface area contributed by atoms with E-state index in [1.807, 2.05) is 4.90 Å². The maximum Gasteiger partial charge on any atom is 0.312 e. The Morgan fingerprint density at radius 3 is 2.21 bits per heavy atom. The Kier molecular flexibility index (Phi) is 2.44. The monoisotopic (exact) mass is 196 g/mol. The van der Waals surface area contributed by atoms with Crippen LogP contribution in [0.1, 0.15) is 32.1 Å². The fraction of sp³-hybridized carbons (Fsp3) is 0.800. The molecule has 2 amide bonds. The van der Waals surface area contributed by atoms with E-state index in [4.69, 9.17) is 0 Å². The van der Waals surface area contributed by atoms with Gasteiger partial charge >= 0.3 is 11.8 Å². The summed E-state index contributed by atoms with van der Waals surface area (Å²) in [5, 5.41) is 2.40. The molecule has 0 saturated carbocycles. The van der Waals surface area contributed by atoms with E-state index in [2.05, 4.69) is 5.32 Å². The van der Waals surface area contributed by atoms with Gasteiger partial charge in [-0.3, -0.25) is 9.59 Å². The van der Waals surface area contributed by atoms with Crippen LogP contribution >= 0.6 is 0 Å². The molecule has 2 aliphatic heterocycles. The number of nitrogens with zero attached hydrogens (tertiary/aromatic N) is 1. The number of carbonyl (C=O) groups is 2. The lowest BCUT2D eigenvalue weighted by molar-refractivity contribution is -0.148. The number of fused-ring (bicyclic) bond motifs is 2. The Bertz CT molecular complexity index is 249. The molecule has 4 nitrogen and oxygen atoms in total. The molecular formula is C10H16N2O2. The molecule has 0 spiro atoms.